The van der Waals surface area contributed by atoms with Crippen LogP contribution in [-0.4, -0.2) is 17.5 Å². The zero-order chi connectivity index (χ0) is 6.27. The first-order valence-corrected chi connectivity index (χ1v) is 4.85. The Kier molecular flexibility index (Phi) is 2.90. The molecular weight excluding hydrogens is 166 g/mol. The van der Waals surface area contributed by atoms with Crippen LogP contribution in [0.3, 0.4) is 0 Å². The second-order valence-electron chi connectivity index (χ2n) is 3.29. The van der Waals surface area contributed by atoms with E-state index in [9.17, 15) is 0 Å². The topological polar surface area (TPSA) is 26.0 Å². The Hall–Kier alpha value is 0.600. The third-order valence-electron chi connectivity index (χ3n) is 2.54. The minimum absolute atomic E-state index is 0. The third kappa shape index (κ3) is 1.44. The molecule has 60 valence electrons. The number of rotatable bonds is 0. The Morgan fingerprint density at radius 2 is 1.60 bits per heavy atom. The van der Waals surface area contributed by atoms with Crippen molar-refractivity contribution in [1.82, 2.24) is 0 Å². The number of hydrogen-bond acceptors (Lipinski definition) is 2. The quantitative estimate of drug-likeness (QED) is 0.610. The highest BCUT2D eigenvalue weighted by Gasteiger charge is 2.35. The van der Waals surface area contributed by atoms with Gasteiger partial charge < -0.3 is 5.73 Å². The molecule has 0 amide bonds. The number of hydrogen-bond donors (Lipinski definition) is 1. The molecule has 1 heterocycles. The molecule has 0 unspecified atom stereocenters. The fourth-order valence-electron chi connectivity index (χ4n) is 2.04. The van der Waals surface area contributed by atoms with E-state index < -0.39 is 0 Å². The summed E-state index contributed by atoms with van der Waals surface area (Å²) in [5, 5.41) is 0. The lowest BCUT2D eigenvalue weighted by Gasteiger charge is -2.02. The lowest BCUT2D eigenvalue weighted by Crippen LogP contribution is -2.15. The van der Waals surface area contributed by atoms with Crippen LogP contribution in [-0.2, 0) is 0 Å². The van der Waals surface area contributed by atoms with Gasteiger partial charge in [-0.1, -0.05) is 0 Å². The van der Waals surface area contributed by atoms with E-state index in [0.717, 1.165) is 11.8 Å². The Morgan fingerprint density at radius 1 is 1.10 bits per heavy atom. The molecule has 1 nitrogen and oxygen atoms in total. The molecule has 0 aromatic rings. The van der Waals surface area contributed by atoms with Gasteiger partial charge in [0.1, 0.15) is 0 Å². The maximum absolute atomic E-state index is 5.82. The fraction of sp³-hybridized carbons (Fsp3) is 1.00. The van der Waals surface area contributed by atoms with E-state index in [2.05, 4.69) is 11.8 Å². The Balaban J connectivity index is 0.000000500. The van der Waals surface area contributed by atoms with Crippen molar-refractivity contribution >= 4 is 24.2 Å². The summed E-state index contributed by atoms with van der Waals surface area (Å²) in [7, 11) is 0. The molecule has 3 heteroatoms. The summed E-state index contributed by atoms with van der Waals surface area (Å²) in [5.74, 6) is 4.76. The van der Waals surface area contributed by atoms with Gasteiger partial charge >= 0.3 is 0 Å². The van der Waals surface area contributed by atoms with Crippen LogP contribution in [0.25, 0.3) is 0 Å². The molecule has 10 heavy (non-hydrogen) atoms. The average Bonchev–Trinajstić information content (AvgIpc) is 2.22. The lowest BCUT2D eigenvalue weighted by molar-refractivity contribution is 0.494. The first-order chi connectivity index (χ1) is 4.36. The molecule has 1 aliphatic heterocycles. The van der Waals surface area contributed by atoms with Gasteiger partial charge in [-0.15, -0.1) is 12.4 Å². The second kappa shape index (κ2) is 3.33. The molecule has 2 atom stereocenters. The van der Waals surface area contributed by atoms with E-state index in [4.69, 9.17) is 5.73 Å². The third-order valence-corrected chi connectivity index (χ3v) is 3.87. The monoisotopic (exact) mass is 179 g/mol. The molecule has 0 spiro atoms. The number of thioether (sulfide) groups is 1. The van der Waals surface area contributed by atoms with Crippen LogP contribution in [0.4, 0.5) is 0 Å². The highest BCUT2D eigenvalue weighted by Crippen LogP contribution is 2.41. The van der Waals surface area contributed by atoms with E-state index in [1.54, 1.807) is 0 Å². The molecule has 2 fully saturated rings. The zero-order valence-corrected chi connectivity index (χ0v) is 7.59. The maximum atomic E-state index is 5.82. The fourth-order valence-corrected chi connectivity index (χ4v) is 3.60. The minimum Gasteiger partial charge on any atom is -0.328 e. The van der Waals surface area contributed by atoms with Crippen molar-refractivity contribution in [3.05, 3.63) is 0 Å². The second-order valence-corrected chi connectivity index (χ2v) is 4.36. The molecule has 1 aliphatic carbocycles. The van der Waals surface area contributed by atoms with Gasteiger partial charge in [0.15, 0.2) is 0 Å². The van der Waals surface area contributed by atoms with Gasteiger partial charge in [-0.2, -0.15) is 11.8 Å². The molecule has 1 saturated heterocycles. The molecule has 1 saturated carbocycles. The highest BCUT2D eigenvalue weighted by molar-refractivity contribution is 7.99. The highest BCUT2D eigenvalue weighted by atomic mass is 35.5. The molecular formula is C7H14ClNS. The standard InChI is InChI=1S/C7H13NS.ClH/c8-7-1-5-3-9-4-6(5)2-7;/h5-7H,1-4,8H2;1H/t5-,6-;/m0./s1. The van der Waals surface area contributed by atoms with Gasteiger partial charge in [-0.05, 0) is 36.2 Å². The first kappa shape index (κ1) is 8.69. The van der Waals surface area contributed by atoms with Gasteiger partial charge in [0.05, 0.1) is 0 Å². The molecule has 2 aliphatic rings. The lowest BCUT2D eigenvalue weighted by atomic mass is 10.0. The predicted molar refractivity (Wildman–Crippen MR) is 48.8 cm³/mol. The van der Waals surface area contributed by atoms with Crippen molar-refractivity contribution in [3.8, 4) is 0 Å². The first-order valence-electron chi connectivity index (χ1n) is 3.69. The van der Waals surface area contributed by atoms with Gasteiger partial charge in [0, 0.05) is 6.04 Å². The van der Waals surface area contributed by atoms with Gasteiger partial charge in [0.2, 0.25) is 0 Å². The average molecular weight is 180 g/mol. The van der Waals surface area contributed by atoms with E-state index in [-0.39, 0.29) is 12.4 Å². The summed E-state index contributed by atoms with van der Waals surface area (Å²) in [4.78, 5) is 0. The number of nitrogens with two attached hydrogens (primary N) is 1. The normalized spacial score (nSPS) is 39.3. The Labute approximate surface area is 72.5 Å². The molecule has 0 bridgehead atoms. The zero-order valence-electron chi connectivity index (χ0n) is 5.95. The van der Waals surface area contributed by atoms with Gasteiger partial charge in [-0.25, -0.2) is 0 Å². The van der Waals surface area contributed by atoms with E-state index >= 15 is 0 Å². The summed E-state index contributed by atoms with van der Waals surface area (Å²) in [6.07, 6.45) is 2.61. The summed E-state index contributed by atoms with van der Waals surface area (Å²) in [6.45, 7) is 0. The molecule has 2 N–H and O–H groups in total. The Bertz CT molecular complexity index is 108. The van der Waals surface area contributed by atoms with Crippen LogP contribution >= 0.6 is 24.2 Å². The van der Waals surface area contributed by atoms with Crippen LogP contribution < -0.4 is 5.73 Å². The van der Waals surface area contributed by atoms with Crippen LogP contribution in [0.15, 0.2) is 0 Å². The largest absolute Gasteiger partial charge is 0.328 e. The summed E-state index contributed by atoms with van der Waals surface area (Å²) < 4.78 is 0. The molecule has 0 aromatic heterocycles. The van der Waals surface area contributed by atoms with Crippen molar-refractivity contribution in [3.63, 3.8) is 0 Å². The van der Waals surface area contributed by atoms with E-state index in [0.29, 0.717) is 6.04 Å². The maximum Gasteiger partial charge on any atom is 0.00449 e. The summed E-state index contributed by atoms with van der Waals surface area (Å²) in [6, 6.07) is 0.542. The van der Waals surface area contributed by atoms with Crippen molar-refractivity contribution in [1.29, 1.82) is 0 Å². The summed E-state index contributed by atoms with van der Waals surface area (Å²) >= 11 is 2.11. The van der Waals surface area contributed by atoms with Crippen molar-refractivity contribution in [2.75, 3.05) is 11.5 Å². The molecule has 0 aromatic carbocycles. The predicted octanol–water partition coefficient (Wildman–Crippen LogP) is 1.51. The van der Waals surface area contributed by atoms with Crippen LogP contribution in [0.2, 0.25) is 0 Å². The Morgan fingerprint density at radius 3 is 2.10 bits per heavy atom. The van der Waals surface area contributed by atoms with Crippen LogP contribution in [0, 0.1) is 11.8 Å². The number of fused-ring (bicyclic) bond motifs is 1. The SMILES string of the molecule is Cl.NC1C[C@H]2CSC[C@@H]2C1. The van der Waals surface area contributed by atoms with Crippen LogP contribution in [0.1, 0.15) is 12.8 Å². The van der Waals surface area contributed by atoms with Crippen LogP contribution in [0.5, 0.6) is 0 Å². The van der Waals surface area contributed by atoms with E-state index in [1.165, 1.54) is 24.3 Å². The van der Waals surface area contributed by atoms with Gasteiger partial charge in [0.25, 0.3) is 0 Å². The molecule has 2 rings (SSSR count). The van der Waals surface area contributed by atoms with Gasteiger partial charge in [-0.3, -0.25) is 0 Å². The number of halogens is 1. The smallest absolute Gasteiger partial charge is 0.00449 e. The van der Waals surface area contributed by atoms with Crippen molar-refractivity contribution in [2.45, 2.75) is 18.9 Å². The summed E-state index contributed by atoms with van der Waals surface area (Å²) in [5.41, 5.74) is 5.82. The molecule has 0 radical (unpaired) electrons. The minimum atomic E-state index is 0. The van der Waals surface area contributed by atoms with E-state index in [1.807, 2.05) is 0 Å². The van der Waals surface area contributed by atoms with Crippen molar-refractivity contribution in [2.24, 2.45) is 17.6 Å². The van der Waals surface area contributed by atoms with Crippen molar-refractivity contribution < 1.29 is 0 Å².